The lowest BCUT2D eigenvalue weighted by molar-refractivity contribution is 0.139. The van der Waals surface area contributed by atoms with E-state index in [1.807, 2.05) is 0 Å². The average molecular weight is 172 g/mol. The Labute approximate surface area is 67.7 Å². The van der Waals surface area contributed by atoms with E-state index < -0.39 is 6.43 Å². The Morgan fingerprint density at radius 1 is 1.25 bits per heavy atom. The summed E-state index contributed by atoms with van der Waals surface area (Å²) in [5.41, 5.74) is -0.106. The van der Waals surface area contributed by atoms with Crippen LogP contribution < -0.4 is 9.47 Å². The maximum atomic E-state index is 12.3. The van der Waals surface area contributed by atoms with Crippen molar-refractivity contribution >= 4 is 0 Å². The molecular weight excluding hydrogens is 166 g/mol. The molecule has 1 aromatic carbocycles. The van der Waals surface area contributed by atoms with Crippen molar-refractivity contribution in [1.82, 2.24) is 0 Å². The number of benzene rings is 1. The van der Waals surface area contributed by atoms with Crippen LogP contribution in [0.4, 0.5) is 8.78 Å². The van der Waals surface area contributed by atoms with Gasteiger partial charge in [0.05, 0.1) is 5.56 Å². The predicted octanol–water partition coefficient (Wildman–Crippen LogP) is 2.35. The molecule has 0 spiro atoms. The summed E-state index contributed by atoms with van der Waals surface area (Å²) in [6.07, 6.45) is -2.51. The first-order valence-electron chi connectivity index (χ1n) is 3.45. The molecule has 0 unspecified atom stereocenters. The normalized spacial score (nSPS) is 13.9. The molecule has 4 heteroatoms. The zero-order valence-corrected chi connectivity index (χ0v) is 6.09. The lowest BCUT2D eigenvalue weighted by Gasteiger charge is -2.02. The molecule has 1 aromatic rings. The molecule has 0 amide bonds. The Morgan fingerprint density at radius 3 is 2.83 bits per heavy atom. The Kier molecular flexibility index (Phi) is 1.60. The van der Waals surface area contributed by atoms with Gasteiger partial charge in [0.25, 0.3) is 6.43 Å². The molecule has 0 radical (unpaired) electrons. The van der Waals surface area contributed by atoms with E-state index in [1.54, 1.807) is 6.07 Å². The summed E-state index contributed by atoms with van der Waals surface area (Å²) < 4.78 is 34.4. The smallest absolute Gasteiger partial charge is 0.267 e. The predicted molar refractivity (Wildman–Crippen MR) is 37.5 cm³/mol. The van der Waals surface area contributed by atoms with Crippen molar-refractivity contribution in [1.29, 1.82) is 0 Å². The Morgan fingerprint density at radius 2 is 2.08 bits per heavy atom. The third-order valence-electron chi connectivity index (χ3n) is 1.66. The van der Waals surface area contributed by atoms with Crippen molar-refractivity contribution in [3.63, 3.8) is 0 Å². The summed E-state index contributed by atoms with van der Waals surface area (Å²) in [4.78, 5) is 0. The van der Waals surface area contributed by atoms with Gasteiger partial charge in [0.15, 0.2) is 11.5 Å². The number of rotatable bonds is 1. The molecular formula is C8H6F2O2. The van der Waals surface area contributed by atoms with E-state index in [1.165, 1.54) is 12.1 Å². The topological polar surface area (TPSA) is 18.5 Å². The van der Waals surface area contributed by atoms with Crippen molar-refractivity contribution < 1.29 is 18.3 Å². The molecule has 0 bridgehead atoms. The zero-order valence-electron chi connectivity index (χ0n) is 6.09. The van der Waals surface area contributed by atoms with Gasteiger partial charge in [0.1, 0.15) is 0 Å². The van der Waals surface area contributed by atoms with Crippen LogP contribution in [0.25, 0.3) is 0 Å². The summed E-state index contributed by atoms with van der Waals surface area (Å²) in [5, 5.41) is 0. The first-order chi connectivity index (χ1) is 5.79. The fourth-order valence-electron chi connectivity index (χ4n) is 1.12. The minimum atomic E-state index is -2.51. The first-order valence-corrected chi connectivity index (χ1v) is 3.45. The van der Waals surface area contributed by atoms with Gasteiger partial charge in [0, 0.05) is 0 Å². The van der Waals surface area contributed by atoms with E-state index in [0.717, 1.165) is 0 Å². The second kappa shape index (κ2) is 2.62. The molecule has 0 saturated heterocycles. The van der Waals surface area contributed by atoms with Crippen molar-refractivity contribution in [3.05, 3.63) is 23.8 Å². The molecule has 0 aromatic heterocycles. The Hall–Kier alpha value is -1.32. The molecule has 1 heterocycles. The van der Waals surface area contributed by atoms with Gasteiger partial charge in [0.2, 0.25) is 6.79 Å². The van der Waals surface area contributed by atoms with Gasteiger partial charge in [-0.05, 0) is 12.1 Å². The number of hydrogen-bond acceptors (Lipinski definition) is 2. The SMILES string of the molecule is FC(F)c1cccc2c1OCO2. The van der Waals surface area contributed by atoms with Gasteiger partial charge < -0.3 is 9.47 Å². The molecule has 2 nitrogen and oxygen atoms in total. The summed E-state index contributed by atoms with van der Waals surface area (Å²) >= 11 is 0. The molecule has 2 rings (SSSR count). The zero-order chi connectivity index (χ0) is 8.55. The highest BCUT2D eigenvalue weighted by molar-refractivity contribution is 5.48. The number of hydrogen-bond donors (Lipinski definition) is 0. The minimum absolute atomic E-state index is 0.0269. The molecule has 0 atom stereocenters. The van der Waals surface area contributed by atoms with Crippen molar-refractivity contribution in [2.24, 2.45) is 0 Å². The average Bonchev–Trinajstić information content (AvgIpc) is 2.49. The van der Waals surface area contributed by atoms with E-state index in [9.17, 15) is 8.78 Å². The van der Waals surface area contributed by atoms with E-state index in [4.69, 9.17) is 9.47 Å². The standard InChI is InChI=1S/C8H6F2O2/c9-8(10)5-2-1-3-6-7(5)12-4-11-6/h1-3,8H,4H2. The minimum Gasteiger partial charge on any atom is -0.454 e. The highest BCUT2D eigenvalue weighted by atomic mass is 19.3. The lowest BCUT2D eigenvalue weighted by atomic mass is 10.2. The third-order valence-corrected chi connectivity index (χ3v) is 1.66. The van der Waals surface area contributed by atoms with E-state index >= 15 is 0 Å². The maximum Gasteiger partial charge on any atom is 0.267 e. The number of fused-ring (bicyclic) bond motifs is 1. The van der Waals surface area contributed by atoms with Gasteiger partial charge in [-0.1, -0.05) is 6.07 Å². The molecule has 1 aliphatic rings. The first kappa shape index (κ1) is 7.34. The highest BCUT2D eigenvalue weighted by Crippen LogP contribution is 2.39. The van der Waals surface area contributed by atoms with Crippen molar-refractivity contribution in [2.45, 2.75) is 6.43 Å². The van der Waals surface area contributed by atoms with E-state index in [-0.39, 0.29) is 18.1 Å². The van der Waals surface area contributed by atoms with Gasteiger partial charge in [-0.15, -0.1) is 0 Å². The van der Waals surface area contributed by atoms with Crippen molar-refractivity contribution in [3.8, 4) is 11.5 Å². The van der Waals surface area contributed by atoms with Gasteiger partial charge in [-0.25, -0.2) is 8.78 Å². The van der Waals surface area contributed by atoms with Crippen LogP contribution in [-0.2, 0) is 0 Å². The summed E-state index contributed by atoms with van der Waals surface area (Å²) in [5.74, 6) is 0.570. The van der Waals surface area contributed by atoms with Crippen LogP contribution in [0.15, 0.2) is 18.2 Å². The van der Waals surface area contributed by atoms with Crippen LogP contribution in [0.5, 0.6) is 11.5 Å². The lowest BCUT2D eigenvalue weighted by Crippen LogP contribution is -1.94. The van der Waals surface area contributed by atoms with Gasteiger partial charge in [-0.3, -0.25) is 0 Å². The van der Waals surface area contributed by atoms with Crippen LogP contribution in [0.1, 0.15) is 12.0 Å². The second-order valence-corrected chi connectivity index (χ2v) is 2.38. The fourth-order valence-corrected chi connectivity index (χ4v) is 1.12. The largest absolute Gasteiger partial charge is 0.454 e. The Bertz CT molecular complexity index is 299. The molecule has 12 heavy (non-hydrogen) atoms. The van der Waals surface area contributed by atoms with E-state index in [0.29, 0.717) is 5.75 Å². The number of ether oxygens (including phenoxy) is 2. The van der Waals surface area contributed by atoms with Crippen LogP contribution in [0.2, 0.25) is 0 Å². The highest BCUT2D eigenvalue weighted by Gasteiger charge is 2.22. The third kappa shape index (κ3) is 0.995. The molecule has 0 N–H and O–H groups in total. The summed E-state index contributed by atoms with van der Waals surface area (Å²) in [6.45, 7) is 0.0269. The van der Waals surface area contributed by atoms with Crippen LogP contribution in [0, 0.1) is 0 Å². The Balaban J connectivity index is 2.49. The number of para-hydroxylation sites is 1. The fraction of sp³-hybridized carbons (Fsp3) is 0.250. The molecule has 0 aliphatic carbocycles. The number of halogens is 2. The van der Waals surface area contributed by atoms with Crippen LogP contribution in [0.3, 0.4) is 0 Å². The van der Waals surface area contributed by atoms with E-state index in [2.05, 4.69) is 0 Å². The van der Waals surface area contributed by atoms with Gasteiger partial charge in [-0.2, -0.15) is 0 Å². The second-order valence-electron chi connectivity index (χ2n) is 2.38. The summed E-state index contributed by atoms with van der Waals surface area (Å²) in [6, 6.07) is 4.46. The summed E-state index contributed by atoms with van der Waals surface area (Å²) in [7, 11) is 0. The van der Waals surface area contributed by atoms with Gasteiger partial charge >= 0.3 is 0 Å². The molecule has 0 saturated carbocycles. The van der Waals surface area contributed by atoms with Crippen LogP contribution in [-0.4, -0.2) is 6.79 Å². The quantitative estimate of drug-likeness (QED) is 0.647. The number of alkyl halides is 2. The molecule has 1 aliphatic heterocycles. The molecule has 0 fully saturated rings. The molecule has 64 valence electrons. The monoisotopic (exact) mass is 172 g/mol. The van der Waals surface area contributed by atoms with Crippen LogP contribution >= 0.6 is 0 Å². The maximum absolute atomic E-state index is 12.3. The van der Waals surface area contributed by atoms with Crippen molar-refractivity contribution in [2.75, 3.05) is 6.79 Å².